The molecule has 3 aromatic heterocycles. The maximum Gasteiger partial charge on any atom is 0 e. The van der Waals surface area contributed by atoms with Crippen LogP contribution in [0.5, 0.6) is 0 Å². The van der Waals surface area contributed by atoms with Crippen LogP contribution in [0.25, 0.3) is 53.5 Å². The van der Waals surface area contributed by atoms with Crippen LogP contribution in [0, 0.1) is 19.1 Å². The Balaban J connectivity index is 0.000000202. The predicted octanol–water partition coefficient (Wildman–Crippen LogP) is 10.6. The predicted molar refractivity (Wildman–Crippen MR) is 189 cm³/mol. The first-order chi connectivity index (χ1) is 21.0. The molecule has 0 saturated heterocycles. The van der Waals surface area contributed by atoms with Gasteiger partial charge in [-0.05, 0) is 57.1 Å². The minimum atomic E-state index is -1.72. The van der Waals surface area contributed by atoms with Gasteiger partial charge in [-0.3, -0.25) is 0 Å². The number of aryl methyl sites for hydroxylation is 1. The van der Waals surface area contributed by atoms with E-state index in [4.69, 9.17) is 1.37 Å². The molecule has 0 aliphatic rings. The Bertz CT molecular complexity index is 2090. The number of rotatable bonds is 4. The van der Waals surface area contributed by atoms with Crippen LogP contribution in [-0.2, 0) is 20.1 Å². The molecule has 0 N–H and O–H groups in total. The topological polar surface area (TPSA) is 25.8 Å². The minimum Gasteiger partial charge on any atom is 0 e. The van der Waals surface area contributed by atoms with E-state index in [1.54, 1.807) is 17.5 Å². The van der Waals surface area contributed by atoms with E-state index in [2.05, 4.69) is 94.8 Å². The Kier molecular flexibility index (Phi) is 9.44. The summed E-state index contributed by atoms with van der Waals surface area (Å²) in [6.07, 6.45) is 3.84. The number of hydrogen-bond acceptors (Lipinski definition) is 3. The van der Waals surface area contributed by atoms with Crippen molar-refractivity contribution in [1.82, 2.24) is 9.97 Å². The number of fused-ring (bicyclic) bond motifs is 5. The van der Waals surface area contributed by atoms with Crippen LogP contribution in [0.2, 0.25) is 17.3 Å². The number of pyridine rings is 2. The largest absolute Gasteiger partial charge is 0 e. The van der Waals surface area contributed by atoms with Gasteiger partial charge < -0.3 is 4.98 Å². The molecule has 0 atom stereocenters. The third-order valence-electron chi connectivity index (χ3n) is 7.88. The Labute approximate surface area is 282 Å². The van der Waals surface area contributed by atoms with E-state index in [0.717, 1.165) is 28.1 Å². The van der Waals surface area contributed by atoms with Gasteiger partial charge in [0.1, 0.15) is 0 Å². The molecule has 0 fully saturated rings. The Morgan fingerprint density at radius 2 is 1.64 bits per heavy atom. The summed E-state index contributed by atoms with van der Waals surface area (Å²) < 4.78 is 12.3. The number of hydrogen-bond donors (Lipinski definition) is 0. The Morgan fingerprint density at radius 3 is 2.34 bits per heavy atom. The van der Waals surface area contributed by atoms with Crippen molar-refractivity contribution in [2.45, 2.75) is 43.9 Å². The summed E-state index contributed by atoms with van der Waals surface area (Å²) in [6.45, 7) is 5.98. The van der Waals surface area contributed by atoms with Crippen molar-refractivity contribution in [3.63, 3.8) is 0 Å². The van der Waals surface area contributed by atoms with Crippen molar-refractivity contribution in [2.24, 2.45) is 0 Å². The van der Waals surface area contributed by atoms with Crippen molar-refractivity contribution in [3.8, 4) is 22.5 Å². The van der Waals surface area contributed by atoms with Crippen LogP contribution in [-0.4, -0.2) is 23.2 Å². The van der Waals surface area contributed by atoms with Crippen molar-refractivity contribution in [1.29, 1.82) is 0 Å². The maximum atomic E-state index is 8.36. The average Bonchev–Trinajstić information content (AvgIpc) is 3.41. The summed E-state index contributed by atoms with van der Waals surface area (Å²) in [5.74, 6) is 6.49. The van der Waals surface area contributed by atoms with E-state index in [9.17, 15) is 0 Å². The average molecular weight is 831 g/mol. The molecule has 0 spiro atoms. The van der Waals surface area contributed by atoms with Crippen LogP contribution in [0.1, 0.15) is 32.2 Å². The van der Waals surface area contributed by atoms with Crippen molar-refractivity contribution in [3.05, 3.63) is 127 Å². The number of benzene rings is 4. The molecular weight excluding hydrogens is 793 g/mol. The summed E-state index contributed by atoms with van der Waals surface area (Å²) >= 11 is 0.0832. The SMILES string of the molecule is [2H]C(C)(C)c1ccnc(-c2[c-]ccc3c2sc2ccc4c(C)cccc4c23)c1.[CH3][Ge]([CH3])([CH3])[c]1ccc(-c2[c-]cccc2)nc1.[Ir]. The number of nitrogens with zero attached hydrogens (tertiary/aromatic N) is 2. The van der Waals surface area contributed by atoms with Gasteiger partial charge in [0.05, 0.1) is 0 Å². The molecule has 5 heteroatoms. The molecule has 3 heterocycles. The van der Waals surface area contributed by atoms with E-state index in [1.807, 2.05) is 62.5 Å². The summed E-state index contributed by atoms with van der Waals surface area (Å²) in [5.41, 5.74) is 6.24. The van der Waals surface area contributed by atoms with E-state index in [-0.39, 0.29) is 20.1 Å². The van der Waals surface area contributed by atoms with Crippen LogP contribution in [0.15, 0.2) is 103 Å². The van der Waals surface area contributed by atoms with E-state index in [1.165, 1.54) is 40.9 Å². The molecule has 44 heavy (non-hydrogen) atoms. The summed E-state index contributed by atoms with van der Waals surface area (Å²) in [6, 6.07) is 38.0. The first kappa shape index (κ1) is 30.9. The zero-order valence-electron chi connectivity index (χ0n) is 27.0. The normalized spacial score (nSPS) is 12.0. The smallest absolute Gasteiger partial charge is 0 e. The Morgan fingerprint density at radius 1 is 0.795 bits per heavy atom. The quantitative estimate of drug-likeness (QED) is 0.130. The van der Waals surface area contributed by atoms with Gasteiger partial charge >= 0.3 is 99.8 Å². The van der Waals surface area contributed by atoms with Crippen LogP contribution in [0.3, 0.4) is 0 Å². The molecule has 7 aromatic rings. The fourth-order valence-electron chi connectivity index (χ4n) is 5.37. The van der Waals surface area contributed by atoms with Gasteiger partial charge in [0.2, 0.25) is 0 Å². The second kappa shape index (κ2) is 13.5. The fraction of sp³-hybridized carbons (Fsp3) is 0.179. The minimum absolute atomic E-state index is 0. The first-order valence-corrected chi connectivity index (χ1v) is 22.8. The van der Waals surface area contributed by atoms with Gasteiger partial charge in [0.15, 0.2) is 0 Å². The van der Waals surface area contributed by atoms with Crippen LogP contribution < -0.4 is 4.40 Å². The summed E-state index contributed by atoms with van der Waals surface area (Å²) in [4.78, 5) is 9.14. The fourth-order valence-corrected chi connectivity index (χ4v) is 8.77. The standard InChI is InChI=1S/C25H20NS.C14H16GeN.Ir/c1-15(2)17-12-13-26-22(14-17)20-8-5-9-21-24-19-7-4-6-16(3)18(19)10-11-23(24)27-25(20)21;1-15(2,3)13-9-10-14(16-11-13)12-7-5-4-6-8-12;/h4-7,9-15H,1-3H3;4-7,9-11H,1-3H3;/q2*-1;/i15D;;. The first-order valence-electron chi connectivity index (χ1n) is 15.2. The van der Waals surface area contributed by atoms with E-state index >= 15 is 0 Å². The number of aromatic nitrogens is 2. The molecule has 0 amide bonds. The van der Waals surface area contributed by atoms with E-state index in [0.29, 0.717) is 0 Å². The molecule has 223 valence electrons. The molecule has 7 rings (SSSR count). The van der Waals surface area contributed by atoms with Crippen molar-refractivity contribution < 1.29 is 21.5 Å². The molecule has 4 aromatic carbocycles. The van der Waals surface area contributed by atoms with Crippen molar-refractivity contribution >= 4 is 59.9 Å². The van der Waals surface area contributed by atoms with Gasteiger partial charge in [-0.2, -0.15) is 11.3 Å². The third-order valence-corrected chi connectivity index (χ3v) is 13.3. The van der Waals surface area contributed by atoms with Gasteiger partial charge in [-0.15, -0.1) is 23.8 Å². The summed E-state index contributed by atoms with van der Waals surface area (Å²) in [7, 11) is 0. The zero-order valence-corrected chi connectivity index (χ0v) is 31.3. The molecule has 1 radical (unpaired) electrons. The van der Waals surface area contributed by atoms with Crippen LogP contribution >= 0.6 is 11.3 Å². The molecule has 0 aliphatic heterocycles. The monoisotopic (exact) mass is 832 g/mol. The Hall–Kier alpha value is -3.15. The van der Waals surface area contributed by atoms with E-state index < -0.39 is 19.2 Å². The second-order valence-corrected chi connectivity index (χ2v) is 23.9. The summed E-state index contributed by atoms with van der Waals surface area (Å²) in [5, 5.41) is 5.17. The van der Waals surface area contributed by atoms with Gasteiger partial charge in [0, 0.05) is 32.4 Å². The molecular formula is C39H36GeIrN2S-2. The maximum absolute atomic E-state index is 8.36. The molecule has 0 unspecified atom stereocenters. The molecule has 0 aliphatic carbocycles. The molecule has 2 nitrogen and oxygen atoms in total. The zero-order chi connectivity index (χ0) is 31.1. The second-order valence-electron chi connectivity index (χ2n) is 12.2. The molecule has 0 saturated carbocycles. The van der Waals surface area contributed by atoms with Crippen LogP contribution in [0.4, 0.5) is 0 Å². The number of thiophene rings is 1. The molecule has 0 bridgehead atoms. The van der Waals surface area contributed by atoms with Gasteiger partial charge in [0.25, 0.3) is 0 Å². The van der Waals surface area contributed by atoms with Gasteiger partial charge in [-0.1, -0.05) is 55.1 Å². The third kappa shape index (κ3) is 6.60. The van der Waals surface area contributed by atoms with Gasteiger partial charge in [-0.25, -0.2) is 0 Å². The van der Waals surface area contributed by atoms with Crippen molar-refractivity contribution in [2.75, 3.05) is 0 Å².